The van der Waals surface area contributed by atoms with E-state index >= 15 is 0 Å². The summed E-state index contributed by atoms with van der Waals surface area (Å²) in [5, 5.41) is 6.27. The molecule has 3 heteroatoms. The number of carbonyl (C=O) groups is 1. The molecule has 2 rings (SSSR count). The van der Waals surface area contributed by atoms with Crippen molar-refractivity contribution in [1.29, 1.82) is 0 Å². The van der Waals surface area contributed by atoms with Gasteiger partial charge in [0.05, 0.1) is 0 Å². The predicted octanol–water partition coefficient (Wildman–Crippen LogP) is 4.05. The van der Waals surface area contributed by atoms with E-state index in [1.165, 1.54) is 5.56 Å². The molecular formula is C18H22N2O. The second-order valence-electron chi connectivity index (χ2n) is 5.36. The summed E-state index contributed by atoms with van der Waals surface area (Å²) >= 11 is 0. The molecule has 0 fully saturated rings. The number of nitrogens with one attached hydrogen (secondary N) is 2. The van der Waals surface area contributed by atoms with Crippen LogP contribution in [0.2, 0.25) is 0 Å². The van der Waals surface area contributed by atoms with Gasteiger partial charge >= 0.3 is 0 Å². The SMILES string of the molecule is Cc1cccc(NCCC(=O)Nc2c(C)cccc2C)c1. The van der Waals surface area contributed by atoms with Gasteiger partial charge in [0.25, 0.3) is 0 Å². The molecule has 0 spiro atoms. The van der Waals surface area contributed by atoms with Crippen molar-refractivity contribution in [2.45, 2.75) is 27.2 Å². The summed E-state index contributed by atoms with van der Waals surface area (Å²) in [5.74, 6) is 0.0348. The van der Waals surface area contributed by atoms with Gasteiger partial charge in [-0.2, -0.15) is 0 Å². The van der Waals surface area contributed by atoms with E-state index in [2.05, 4.69) is 29.7 Å². The molecule has 0 aliphatic carbocycles. The van der Waals surface area contributed by atoms with Gasteiger partial charge in [-0.25, -0.2) is 0 Å². The Morgan fingerprint density at radius 2 is 1.67 bits per heavy atom. The normalized spacial score (nSPS) is 10.2. The number of aryl methyl sites for hydroxylation is 3. The first-order valence-electron chi connectivity index (χ1n) is 7.23. The lowest BCUT2D eigenvalue weighted by Gasteiger charge is -2.12. The lowest BCUT2D eigenvalue weighted by molar-refractivity contribution is -0.115. The van der Waals surface area contributed by atoms with Crippen molar-refractivity contribution >= 4 is 17.3 Å². The smallest absolute Gasteiger partial charge is 0.226 e. The zero-order valence-corrected chi connectivity index (χ0v) is 12.9. The van der Waals surface area contributed by atoms with Crippen molar-refractivity contribution in [2.24, 2.45) is 0 Å². The predicted molar refractivity (Wildman–Crippen MR) is 88.8 cm³/mol. The summed E-state index contributed by atoms with van der Waals surface area (Å²) in [6.45, 7) is 6.69. The second kappa shape index (κ2) is 6.93. The highest BCUT2D eigenvalue weighted by Crippen LogP contribution is 2.19. The van der Waals surface area contributed by atoms with Gasteiger partial charge in [-0.3, -0.25) is 4.79 Å². The third kappa shape index (κ3) is 4.35. The summed E-state index contributed by atoms with van der Waals surface area (Å²) < 4.78 is 0. The van der Waals surface area contributed by atoms with E-state index in [0.29, 0.717) is 13.0 Å². The molecule has 0 bridgehead atoms. The van der Waals surface area contributed by atoms with E-state index in [1.54, 1.807) is 0 Å². The Balaban J connectivity index is 1.85. The molecule has 1 amide bonds. The third-order valence-corrected chi connectivity index (χ3v) is 3.44. The summed E-state index contributed by atoms with van der Waals surface area (Å²) in [7, 11) is 0. The average Bonchev–Trinajstić information content (AvgIpc) is 2.43. The molecule has 21 heavy (non-hydrogen) atoms. The second-order valence-corrected chi connectivity index (χ2v) is 5.36. The molecule has 0 aliphatic rings. The van der Waals surface area contributed by atoms with Crippen LogP contribution in [-0.2, 0) is 4.79 Å². The Labute approximate surface area is 126 Å². The molecule has 0 atom stereocenters. The minimum absolute atomic E-state index is 0.0348. The van der Waals surface area contributed by atoms with E-state index < -0.39 is 0 Å². The summed E-state index contributed by atoms with van der Waals surface area (Å²) in [6.07, 6.45) is 0.446. The van der Waals surface area contributed by atoms with Crippen LogP contribution in [0.3, 0.4) is 0 Å². The van der Waals surface area contributed by atoms with Crippen LogP contribution in [0.5, 0.6) is 0 Å². The van der Waals surface area contributed by atoms with Crippen molar-refractivity contribution in [3.8, 4) is 0 Å². The first-order chi connectivity index (χ1) is 10.1. The summed E-state index contributed by atoms with van der Waals surface area (Å²) in [6, 6.07) is 14.2. The van der Waals surface area contributed by atoms with E-state index in [-0.39, 0.29) is 5.91 Å². The molecule has 0 heterocycles. The summed E-state index contributed by atoms with van der Waals surface area (Å²) in [4.78, 5) is 12.0. The Bertz CT molecular complexity index is 615. The van der Waals surface area contributed by atoms with Crippen molar-refractivity contribution in [1.82, 2.24) is 0 Å². The van der Waals surface area contributed by atoms with Gasteiger partial charge in [-0.05, 0) is 49.6 Å². The van der Waals surface area contributed by atoms with Crippen molar-refractivity contribution in [3.63, 3.8) is 0 Å². The average molecular weight is 282 g/mol. The van der Waals surface area contributed by atoms with Crippen LogP contribution in [0.4, 0.5) is 11.4 Å². The van der Waals surface area contributed by atoms with Gasteiger partial charge in [0.1, 0.15) is 0 Å². The number of hydrogen-bond acceptors (Lipinski definition) is 2. The van der Waals surface area contributed by atoms with Crippen LogP contribution in [0.15, 0.2) is 42.5 Å². The van der Waals surface area contributed by atoms with Crippen LogP contribution in [0, 0.1) is 20.8 Å². The Morgan fingerprint density at radius 1 is 1.00 bits per heavy atom. The number of para-hydroxylation sites is 1. The quantitative estimate of drug-likeness (QED) is 0.868. The van der Waals surface area contributed by atoms with Crippen LogP contribution in [-0.4, -0.2) is 12.5 Å². The lowest BCUT2D eigenvalue weighted by Crippen LogP contribution is -2.17. The topological polar surface area (TPSA) is 41.1 Å². The van der Waals surface area contributed by atoms with Gasteiger partial charge in [-0.1, -0.05) is 30.3 Å². The van der Waals surface area contributed by atoms with Crippen LogP contribution < -0.4 is 10.6 Å². The standard InChI is InChI=1S/C18H22N2O/c1-13-6-4-9-16(12-13)19-11-10-17(21)20-18-14(2)7-5-8-15(18)3/h4-9,12,19H,10-11H2,1-3H3,(H,20,21). The minimum Gasteiger partial charge on any atom is -0.385 e. The molecule has 2 N–H and O–H groups in total. The van der Waals surface area contributed by atoms with E-state index in [0.717, 1.165) is 22.5 Å². The molecule has 0 unspecified atom stereocenters. The highest BCUT2D eigenvalue weighted by Gasteiger charge is 2.06. The summed E-state index contributed by atoms with van der Waals surface area (Å²) in [5.41, 5.74) is 5.37. The fraction of sp³-hybridized carbons (Fsp3) is 0.278. The molecule has 110 valence electrons. The largest absolute Gasteiger partial charge is 0.385 e. The molecule has 0 saturated heterocycles. The van der Waals surface area contributed by atoms with Gasteiger partial charge < -0.3 is 10.6 Å². The fourth-order valence-electron chi connectivity index (χ4n) is 2.29. The highest BCUT2D eigenvalue weighted by atomic mass is 16.1. The van der Waals surface area contributed by atoms with E-state index in [1.807, 2.05) is 44.2 Å². The number of hydrogen-bond donors (Lipinski definition) is 2. The molecule has 0 saturated carbocycles. The molecule has 3 nitrogen and oxygen atoms in total. The molecule has 0 aliphatic heterocycles. The van der Waals surface area contributed by atoms with Crippen LogP contribution in [0.25, 0.3) is 0 Å². The Kier molecular flexibility index (Phi) is 4.99. The molecular weight excluding hydrogens is 260 g/mol. The minimum atomic E-state index is 0.0348. The monoisotopic (exact) mass is 282 g/mol. The molecule has 0 aromatic heterocycles. The molecule has 2 aromatic rings. The number of benzene rings is 2. The lowest BCUT2D eigenvalue weighted by atomic mass is 10.1. The van der Waals surface area contributed by atoms with Crippen LogP contribution in [0.1, 0.15) is 23.1 Å². The van der Waals surface area contributed by atoms with Gasteiger partial charge in [0.15, 0.2) is 0 Å². The van der Waals surface area contributed by atoms with Crippen molar-refractivity contribution in [2.75, 3.05) is 17.2 Å². The maximum absolute atomic E-state index is 12.0. The van der Waals surface area contributed by atoms with Gasteiger partial charge in [-0.15, -0.1) is 0 Å². The fourth-order valence-corrected chi connectivity index (χ4v) is 2.29. The molecule has 0 radical (unpaired) electrons. The zero-order chi connectivity index (χ0) is 15.2. The third-order valence-electron chi connectivity index (χ3n) is 3.44. The number of anilines is 2. The molecule has 2 aromatic carbocycles. The van der Waals surface area contributed by atoms with E-state index in [9.17, 15) is 4.79 Å². The highest BCUT2D eigenvalue weighted by molar-refractivity contribution is 5.92. The van der Waals surface area contributed by atoms with Crippen LogP contribution >= 0.6 is 0 Å². The van der Waals surface area contributed by atoms with Gasteiger partial charge in [0, 0.05) is 24.3 Å². The first kappa shape index (κ1) is 15.1. The number of carbonyl (C=O) groups excluding carboxylic acids is 1. The first-order valence-corrected chi connectivity index (χ1v) is 7.23. The Hall–Kier alpha value is -2.29. The maximum atomic E-state index is 12.0. The number of amides is 1. The van der Waals surface area contributed by atoms with Crippen molar-refractivity contribution < 1.29 is 4.79 Å². The zero-order valence-electron chi connectivity index (χ0n) is 12.9. The van der Waals surface area contributed by atoms with Crippen molar-refractivity contribution in [3.05, 3.63) is 59.2 Å². The number of rotatable bonds is 5. The van der Waals surface area contributed by atoms with Gasteiger partial charge in [0.2, 0.25) is 5.91 Å². The Morgan fingerprint density at radius 3 is 2.33 bits per heavy atom. The van der Waals surface area contributed by atoms with E-state index in [4.69, 9.17) is 0 Å². The maximum Gasteiger partial charge on any atom is 0.226 e.